The number of ether oxygens (including phenoxy) is 2. The van der Waals surface area contributed by atoms with Gasteiger partial charge in [0.15, 0.2) is 11.5 Å². The van der Waals surface area contributed by atoms with E-state index < -0.39 is 0 Å². The zero-order valence-corrected chi connectivity index (χ0v) is 14.7. The number of hydrogen-bond donors (Lipinski definition) is 1. The molecule has 0 bridgehead atoms. The molecule has 118 valence electrons. The zero-order chi connectivity index (χ0) is 15.2. The summed E-state index contributed by atoms with van der Waals surface area (Å²) in [5.74, 6) is 1.62. The highest BCUT2D eigenvalue weighted by Gasteiger charge is 2.17. The standard InChI is InChI=1S/C16H25BrN2O2/c1-4-19(5-2)8-6-7-12(3)18-14-10-16-15(9-13(14)17)20-11-21-16/h9-10,12,18H,4-8,11H2,1-3H3. The fourth-order valence-corrected chi connectivity index (χ4v) is 2.96. The lowest BCUT2D eigenvalue weighted by Gasteiger charge is -2.20. The van der Waals surface area contributed by atoms with Gasteiger partial charge in [-0.05, 0) is 55.3 Å². The summed E-state index contributed by atoms with van der Waals surface area (Å²) < 4.78 is 11.8. The first-order valence-corrected chi connectivity index (χ1v) is 8.51. The molecule has 5 heteroatoms. The molecular formula is C16H25BrN2O2. The second-order valence-corrected chi connectivity index (χ2v) is 6.25. The first-order valence-electron chi connectivity index (χ1n) is 7.72. The van der Waals surface area contributed by atoms with Crippen LogP contribution in [0.5, 0.6) is 11.5 Å². The van der Waals surface area contributed by atoms with E-state index in [1.807, 2.05) is 12.1 Å². The molecule has 0 spiro atoms. The highest BCUT2D eigenvalue weighted by Crippen LogP contribution is 2.39. The van der Waals surface area contributed by atoms with Gasteiger partial charge >= 0.3 is 0 Å². The molecule has 4 nitrogen and oxygen atoms in total. The molecule has 0 aromatic heterocycles. The van der Waals surface area contributed by atoms with E-state index in [1.165, 1.54) is 13.0 Å². The third-order valence-electron chi connectivity index (χ3n) is 3.87. The van der Waals surface area contributed by atoms with E-state index in [0.29, 0.717) is 12.8 Å². The van der Waals surface area contributed by atoms with Crippen molar-refractivity contribution >= 4 is 21.6 Å². The van der Waals surface area contributed by atoms with Crippen LogP contribution in [-0.4, -0.2) is 37.4 Å². The van der Waals surface area contributed by atoms with Gasteiger partial charge in [-0.25, -0.2) is 0 Å². The van der Waals surface area contributed by atoms with Gasteiger partial charge < -0.3 is 19.7 Å². The van der Waals surface area contributed by atoms with Gasteiger partial charge in [-0.2, -0.15) is 0 Å². The predicted molar refractivity (Wildman–Crippen MR) is 90.4 cm³/mol. The van der Waals surface area contributed by atoms with E-state index in [0.717, 1.165) is 41.2 Å². The highest BCUT2D eigenvalue weighted by atomic mass is 79.9. The molecular weight excluding hydrogens is 332 g/mol. The van der Waals surface area contributed by atoms with Crippen molar-refractivity contribution in [3.8, 4) is 11.5 Å². The lowest BCUT2D eigenvalue weighted by Crippen LogP contribution is -2.25. The smallest absolute Gasteiger partial charge is 0.231 e. The summed E-state index contributed by atoms with van der Waals surface area (Å²) in [5.41, 5.74) is 1.06. The number of fused-ring (bicyclic) bond motifs is 1. The molecule has 0 amide bonds. The van der Waals surface area contributed by atoms with Crippen LogP contribution >= 0.6 is 15.9 Å². The van der Waals surface area contributed by atoms with Gasteiger partial charge in [0, 0.05) is 22.6 Å². The molecule has 1 unspecified atom stereocenters. The lowest BCUT2D eigenvalue weighted by molar-refractivity contribution is 0.174. The number of nitrogens with zero attached hydrogens (tertiary/aromatic N) is 1. The molecule has 1 aliphatic rings. The molecule has 21 heavy (non-hydrogen) atoms. The van der Waals surface area contributed by atoms with Gasteiger partial charge in [0.25, 0.3) is 0 Å². The monoisotopic (exact) mass is 356 g/mol. The van der Waals surface area contributed by atoms with Crippen molar-refractivity contribution in [1.29, 1.82) is 0 Å². The van der Waals surface area contributed by atoms with Crippen LogP contribution in [0.3, 0.4) is 0 Å². The number of rotatable bonds is 8. The Morgan fingerprint density at radius 3 is 2.57 bits per heavy atom. The highest BCUT2D eigenvalue weighted by molar-refractivity contribution is 9.10. The second kappa shape index (κ2) is 7.90. The number of halogens is 1. The van der Waals surface area contributed by atoms with E-state index >= 15 is 0 Å². The van der Waals surface area contributed by atoms with Crippen molar-refractivity contribution in [2.24, 2.45) is 0 Å². The summed E-state index contributed by atoms with van der Waals surface area (Å²) in [4.78, 5) is 2.46. The Balaban J connectivity index is 1.84. The molecule has 2 rings (SSSR count). The second-order valence-electron chi connectivity index (χ2n) is 5.40. The summed E-state index contributed by atoms with van der Waals surface area (Å²) in [6.07, 6.45) is 2.36. The average molecular weight is 357 g/mol. The topological polar surface area (TPSA) is 33.7 Å². The lowest BCUT2D eigenvalue weighted by atomic mass is 10.1. The normalized spacial score (nSPS) is 14.5. The summed E-state index contributed by atoms with van der Waals surface area (Å²) >= 11 is 3.59. The molecule has 1 N–H and O–H groups in total. The van der Waals surface area contributed by atoms with Gasteiger partial charge in [-0.3, -0.25) is 0 Å². The summed E-state index contributed by atoms with van der Waals surface area (Å²) in [6, 6.07) is 4.40. The first kappa shape index (κ1) is 16.4. The third kappa shape index (κ3) is 4.51. The Kier molecular flexibility index (Phi) is 6.18. The molecule has 0 aliphatic carbocycles. The van der Waals surface area contributed by atoms with Crippen LogP contribution in [0.4, 0.5) is 5.69 Å². The van der Waals surface area contributed by atoms with Crippen LogP contribution in [0.2, 0.25) is 0 Å². The fraction of sp³-hybridized carbons (Fsp3) is 0.625. The molecule has 0 fully saturated rings. The minimum absolute atomic E-state index is 0.310. The van der Waals surface area contributed by atoms with E-state index in [1.54, 1.807) is 0 Å². The molecule has 0 saturated heterocycles. The molecule has 1 atom stereocenters. The number of hydrogen-bond acceptors (Lipinski definition) is 4. The Morgan fingerprint density at radius 2 is 1.90 bits per heavy atom. The molecule has 0 saturated carbocycles. The molecule has 1 aromatic carbocycles. The third-order valence-corrected chi connectivity index (χ3v) is 4.53. The van der Waals surface area contributed by atoms with Gasteiger partial charge in [0.05, 0.1) is 5.69 Å². The van der Waals surface area contributed by atoms with Crippen molar-refractivity contribution in [3.05, 3.63) is 16.6 Å². The van der Waals surface area contributed by atoms with E-state index in [4.69, 9.17) is 9.47 Å². The van der Waals surface area contributed by atoms with Crippen LogP contribution in [-0.2, 0) is 0 Å². The minimum atomic E-state index is 0.310. The maximum Gasteiger partial charge on any atom is 0.231 e. The van der Waals surface area contributed by atoms with Crippen molar-refractivity contribution in [1.82, 2.24) is 4.90 Å². The van der Waals surface area contributed by atoms with Gasteiger partial charge in [-0.1, -0.05) is 13.8 Å². The number of nitrogens with one attached hydrogen (secondary N) is 1. The van der Waals surface area contributed by atoms with Crippen LogP contribution in [0.25, 0.3) is 0 Å². The van der Waals surface area contributed by atoms with Crippen molar-refractivity contribution in [2.45, 2.75) is 39.7 Å². The quantitative estimate of drug-likeness (QED) is 0.760. The minimum Gasteiger partial charge on any atom is -0.454 e. The first-order chi connectivity index (χ1) is 10.1. The predicted octanol–water partition coefficient (Wildman–Crippen LogP) is 4.10. The average Bonchev–Trinajstić information content (AvgIpc) is 2.91. The van der Waals surface area contributed by atoms with Crippen LogP contribution in [0.1, 0.15) is 33.6 Å². The Morgan fingerprint density at radius 1 is 1.24 bits per heavy atom. The van der Waals surface area contributed by atoms with Crippen molar-refractivity contribution < 1.29 is 9.47 Å². The Hall–Kier alpha value is -0.940. The number of benzene rings is 1. The largest absolute Gasteiger partial charge is 0.454 e. The van der Waals surface area contributed by atoms with E-state index in [-0.39, 0.29) is 0 Å². The summed E-state index contributed by atoms with van der Waals surface area (Å²) in [6.45, 7) is 10.4. The molecule has 0 radical (unpaired) electrons. The van der Waals surface area contributed by atoms with E-state index in [2.05, 4.69) is 46.9 Å². The van der Waals surface area contributed by atoms with Gasteiger partial charge in [-0.15, -0.1) is 0 Å². The maximum atomic E-state index is 5.43. The van der Waals surface area contributed by atoms with Crippen LogP contribution in [0, 0.1) is 0 Å². The maximum absolute atomic E-state index is 5.43. The Bertz CT molecular complexity index is 464. The zero-order valence-electron chi connectivity index (χ0n) is 13.1. The van der Waals surface area contributed by atoms with Gasteiger partial charge in [0.1, 0.15) is 0 Å². The molecule has 1 heterocycles. The SMILES string of the molecule is CCN(CC)CCCC(C)Nc1cc2c(cc1Br)OCO2. The molecule has 1 aromatic rings. The Labute approximate surface area is 135 Å². The van der Waals surface area contributed by atoms with Crippen LogP contribution < -0.4 is 14.8 Å². The van der Waals surface area contributed by atoms with Gasteiger partial charge in [0.2, 0.25) is 6.79 Å². The van der Waals surface area contributed by atoms with Crippen molar-refractivity contribution in [3.63, 3.8) is 0 Å². The molecule has 1 aliphatic heterocycles. The number of anilines is 1. The van der Waals surface area contributed by atoms with Crippen molar-refractivity contribution in [2.75, 3.05) is 31.7 Å². The van der Waals surface area contributed by atoms with E-state index in [9.17, 15) is 0 Å². The summed E-state index contributed by atoms with van der Waals surface area (Å²) in [7, 11) is 0. The fourth-order valence-electron chi connectivity index (χ4n) is 2.53. The summed E-state index contributed by atoms with van der Waals surface area (Å²) in [5, 5.41) is 3.55. The van der Waals surface area contributed by atoms with Crippen LogP contribution in [0.15, 0.2) is 16.6 Å².